The minimum absolute atomic E-state index is 0.0630. The molecule has 0 bridgehead atoms. The summed E-state index contributed by atoms with van der Waals surface area (Å²) in [6.07, 6.45) is 3.87. The van der Waals surface area contributed by atoms with Crippen LogP contribution >= 0.6 is 0 Å². The summed E-state index contributed by atoms with van der Waals surface area (Å²) in [6.45, 7) is 5.05. The maximum atomic E-state index is 11.9. The molecule has 5 nitrogen and oxygen atoms in total. The lowest BCUT2D eigenvalue weighted by atomic mass is 10.2. The number of aromatic amines is 1. The van der Waals surface area contributed by atoms with Gasteiger partial charge in [-0.3, -0.25) is 4.79 Å². The van der Waals surface area contributed by atoms with Gasteiger partial charge in [0.15, 0.2) is 5.65 Å². The fourth-order valence-electron chi connectivity index (χ4n) is 2.01. The molecule has 0 atom stereocenters. The van der Waals surface area contributed by atoms with Gasteiger partial charge >= 0.3 is 0 Å². The first-order valence-electron chi connectivity index (χ1n) is 6.11. The molecule has 3 rings (SSSR count). The van der Waals surface area contributed by atoms with Crippen molar-refractivity contribution in [2.75, 3.05) is 0 Å². The molecule has 90 valence electrons. The second-order valence-corrected chi connectivity index (χ2v) is 5.18. The van der Waals surface area contributed by atoms with Gasteiger partial charge in [-0.1, -0.05) is 13.8 Å². The largest absolute Gasteiger partial charge is 0.310 e. The van der Waals surface area contributed by atoms with E-state index in [0.717, 1.165) is 30.9 Å². The van der Waals surface area contributed by atoms with Gasteiger partial charge in [0.25, 0.3) is 5.56 Å². The van der Waals surface area contributed by atoms with Crippen molar-refractivity contribution in [3.63, 3.8) is 0 Å². The molecule has 5 heteroatoms. The molecular formula is C12H16N4O. The molecule has 17 heavy (non-hydrogen) atoms. The van der Waals surface area contributed by atoms with Crippen molar-refractivity contribution in [3.05, 3.63) is 22.4 Å². The Hall–Kier alpha value is -1.65. The Labute approximate surface area is 98.9 Å². The average molecular weight is 232 g/mol. The van der Waals surface area contributed by atoms with Crippen molar-refractivity contribution in [1.82, 2.24) is 19.7 Å². The molecule has 1 aliphatic rings. The van der Waals surface area contributed by atoms with Gasteiger partial charge in [-0.15, -0.1) is 0 Å². The van der Waals surface area contributed by atoms with E-state index < -0.39 is 0 Å². The first kappa shape index (κ1) is 10.5. The summed E-state index contributed by atoms with van der Waals surface area (Å²) in [4.78, 5) is 19.3. The predicted molar refractivity (Wildman–Crippen MR) is 65.0 cm³/mol. The monoisotopic (exact) mass is 232 g/mol. The van der Waals surface area contributed by atoms with E-state index in [1.807, 2.05) is 4.68 Å². The third-order valence-corrected chi connectivity index (χ3v) is 3.03. The summed E-state index contributed by atoms with van der Waals surface area (Å²) >= 11 is 0. The van der Waals surface area contributed by atoms with Crippen molar-refractivity contribution >= 4 is 11.0 Å². The third-order valence-electron chi connectivity index (χ3n) is 3.03. The number of fused-ring (bicyclic) bond motifs is 1. The highest BCUT2D eigenvalue weighted by Crippen LogP contribution is 2.37. The number of rotatable bonds is 3. The van der Waals surface area contributed by atoms with Gasteiger partial charge in [-0.05, 0) is 18.8 Å². The quantitative estimate of drug-likeness (QED) is 0.875. The summed E-state index contributed by atoms with van der Waals surface area (Å²) in [6, 6.07) is 0. The van der Waals surface area contributed by atoms with Crippen LogP contribution in [0.15, 0.2) is 11.0 Å². The van der Waals surface area contributed by atoms with Crippen LogP contribution in [0.5, 0.6) is 0 Å². The van der Waals surface area contributed by atoms with E-state index in [4.69, 9.17) is 0 Å². The zero-order valence-corrected chi connectivity index (χ0v) is 10.1. The first-order valence-corrected chi connectivity index (χ1v) is 6.11. The summed E-state index contributed by atoms with van der Waals surface area (Å²) in [7, 11) is 0. The zero-order valence-electron chi connectivity index (χ0n) is 10.1. The van der Waals surface area contributed by atoms with E-state index >= 15 is 0 Å². The Bertz CT molecular complexity index is 606. The van der Waals surface area contributed by atoms with Gasteiger partial charge in [0.1, 0.15) is 11.2 Å². The highest BCUT2D eigenvalue weighted by molar-refractivity contribution is 5.73. The van der Waals surface area contributed by atoms with Gasteiger partial charge in [-0.2, -0.15) is 5.10 Å². The van der Waals surface area contributed by atoms with E-state index in [1.54, 1.807) is 6.20 Å². The van der Waals surface area contributed by atoms with Crippen LogP contribution < -0.4 is 5.56 Å². The summed E-state index contributed by atoms with van der Waals surface area (Å²) in [5, 5.41) is 4.84. The summed E-state index contributed by atoms with van der Waals surface area (Å²) in [5.74, 6) is 1.77. The summed E-state index contributed by atoms with van der Waals surface area (Å²) < 4.78 is 1.83. The van der Waals surface area contributed by atoms with Crippen LogP contribution in [0.25, 0.3) is 11.0 Å². The molecular weight excluding hydrogens is 216 g/mol. The van der Waals surface area contributed by atoms with Crippen LogP contribution in [0.3, 0.4) is 0 Å². The smallest absolute Gasteiger partial charge is 0.262 e. The molecule has 2 aromatic heterocycles. The maximum Gasteiger partial charge on any atom is 0.262 e. The van der Waals surface area contributed by atoms with Gasteiger partial charge in [0.2, 0.25) is 0 Å². The number of nitrogens with one attached hydrogen (secondary N) is 1. The molecule has 0 saturated heterocycles. The van der Waals surface area contributed by atoms with Crippen LogP contribution in [-0.2, 0) is 6.54 Å². The van der Waals surface area contributed by atoms with Gasteiger partial charge in [-0.25, -0.2) is 9.67 Å². The lowest BCUT2D eigenvalue weighted by Gasteiger charge is -2.06. The van der Waals surface area contributed by atoms with Crippen molar-refractivity contribution in [2.24, 2.45) is 5.92 Å². The molecule has 1 saturated carbocycles. The first-order chi connectivity index (χ1) is 8.15. The van der Waals surface area contributed by atoms with E-state index in [9.17, 15) is 4.79 Å². The number of nitrogens with zero attached hydrogens (tertiary/aromatic N) is 3. The Morgan fingerprint density at radius 3 is 2.94 bits per heavy atom. The highest BCUT2D eigenvalue weighted by atomic mass is 16.1. The second-order valence-electron chi connectivity index (χ2n) is 5.18. The standard InChI is InChI=1S/C12H16N4O/c1-7(2)6-16-11-9(5-13-16)12(17)15-10(14-11)8-3-4-8/h5,7-8H,3-4,6H2,1-2H3,(H,14,15,17). The Balaban J connectivity index is 2.15. The van der Waals surface area contributed by atoms with Crippen LogP contribution in [0.2, 0.25) is 0 Å². The predicted octanol–water partition coefficient (Wildman–Crippen LogP) is 1.65. The van der Waals surface area contributed by atoms with Crippen LogP contribution in [-0.4, -0.2) is 19.7 Å². The van der Waals surface area contributed by atoms with Crippen molar-refractivity contribution in [3.8, 4) is 0 Å². The molecule has 0 aliphatic heterocycles. The second kappa shape index (κ2) is 3.68. The topological polar surface area (TPSA) is 63.6 Å². The third kappa shape index (κ3) is 1.85. The highest BCUT2D eigenvalue weighted by Gasteiger charge is 2.27. The van der Waals surface area contributed by atoms with E-state index in [1.165, 1.54) is 0 Å². The van der Waals surface area contributed by atoms with Gasteiger partial charge < -0.3 is 4.98 Å². The molecule has 2 heterocycles. The number of hydrogen-bond acceptors (Lipinski definition) is 3. The molecule has 0 aromatic carbocycles. The molecule has 0 unspecified atom stereocenters. The molecule has 2 aromatic rings. The van der Waals surface area contributed by atoms with Gasteiger partial charge in [0.05, 0.1) is 6.20 Å². The van der Waals surface area contributed by atoms with Gasteiger partial charge in [0, 0.05) is 12.5 Å². The van der Waals surface area contributed by atoms with E-state index in [2.05, 4.69) is 28.9 Å². The lowest BCUT2D eigenvalue weighted by molar-refractivity contribution is 0.492. The van der Waals surface area contributed by atoms with Crippen molar-refractivity contribution in [1.29, 1.82) is 0 Å². The van der Waals surface area contributed by atoms with Crippen LogP contribution in [0, 0.1) is 5.92 Å². The normalized spacial score (nSPS) is 15.9. The van der Waals surface area contributed by atoms with E-state index in [-0.39, 0.29) is 5.56 Å². The average Bonchev–Trinajstić information content (AvgIpc) is 3.03. The van der Waals surface area contributed by atoms with E-state index in [0.29, 0.717) is 17.2 Å². The fraction of sp³-hybridized carbons (Fsp3) is 0.583. The van der Waals surface area contributed by atoms with Crippen LogP contribution in [0.4, 0.5) is 0 Å². The van der Waals surface area contributed by atoms with Crippen LogP contribution in [0.1, 0.15) is 38.4 Å². The Morgan fingerprint density at radius 1 is 1.53 bits per heavy atom. The zero-order chi connectivity index (χ0) is 12.0. The Kier molecular flexibility index (Phi) is 2.28. The molecule has 0 spiro atoms. The molecule has 1 N–H and O–H groups in total. The molecule has 0 amide bonds. The Morgan fingerprint density at radius 2 is 2.29 bits per heavy atom. The minimum atomic E-state index is -0.0630. The number of H-pyrrole nitrogens is 1. The molecule has 0 radical (unpaired) electrons. The molecule has 1 aliphatic carbocycles. The van der Waals surface area contributed by atoms with Crippen molar-refractivity contribution in [2.45, 2.75) is 39.2 Å². The summed E-state index contributed by atoms with van der Waals surface area (Å²) in [5.41, 5.74) is 0.663. The fourth-order valence-corrected chi connectivity index (χ4v) is 2.01. The lowest BCUT2D eigenvalue weighted by Crippen LogP contribution is -2.13. The number of aromatic nitrogens is 4. The SMILES string of the molecule is CC(C)Cn1ncc2c(=O)[nH]c(C3CC3)nc21. The maximum absolute atomic E-state index is 11.9. The minimum Gasteiger partial charge on any atom is -0.310 e. The number of hydrogen-bond donors (Lipinski definition) is 1. The van der Waals surface area contributed by atoms with Crippen molar-refractivity contribution < 1.29 is 0 Å². The molecule has 1 fully saturated rings.